The lowest BCUT2D eigenvalue weighted by Crippen LogP contribution is -2.49. The summed E-state index contributed by atoms with van der Waals surface area (Å²) in [5, 5.41) is 8.81. The Morgan fingerprint density at radius 1 is 1.03 bits per heavy atom. The lowest BCUT2D eigenvalue weighted by Gasteiger charge is -2.34. The van der Waals surface area contributed by atoms with Gasteiger partial charge in [0.25, 0.3) is 5.56 Å². The first-order valence-corrected chi connectivity index (χ1v) is 10.5. The zero-order valence-electron chi connectivity index (χ0n) is 16.6. The minimum Gasteiger partial charge on any atom is -0.339 e. The van der Waals surface area contributed by atoms with Crippen LogP contribution in [0.3, 0.4) is 0 Å². The molecule has 9 heteroatoms. The molecule has 4 rings (SSSR count). The number of aryl methyl sites for hydroxylation is 1. The predicted molar refractivity (Wildman–Crippen MR) is 116 cm³/mol. The number of nitrogens with zero attached hydrogens (tertiary/aromatic N) is 5. The molecule has 0 bridgehead atoms. The van der Waals surface area contributed by atoms with Crippen LogP contribution in [0.4, 0.5) is 5.95 Å². The number of carbonyl (C=O) groups excluding carboxylic acids is 1. The second kappa shape index (κ2) is 9.21. The van der Waals surface area contributed by atoms with Crippen LogP contribution >= 0.6 is 11.6 Å². The van der Waals surface area contributed by atoms with Crippen LogP contribution in [0.1, 0.15) is 25.0 Å². The highest BCUT2D eigenvalue weighted by Crippen LogP contribution is 2.16. The Balaban J connectivity index is 1.24. The monoisotopic (exact) mass is 426 g/mol. The maximum absolute atomic E-state index is 12.5. The molecule has 1 aliphatic heterocycles. The molecule has 1 N–H and O–H groups in total. The summed E-state index contributed by atoms with van der Waals surface area (Å²) in [4.78, 5) is 36.9. The van der Waals surface area contributed by atoms with Crippen LogP contribution in [-0.4, -0.2) is 57.2 Å². The number of H-pyrrole nitrogens is 1. The number of unbranched alkanes of at least 4 members (excludes halogenated alkanes) is 1. The van der Waals surface area contributed by atoms with Gasteiger partial charge in [-0.2, -0.15) is 5.10 Å². The van der Waals surface area contributed by atoms with Gasteiger partial charge in [0.2, 0.25) is 11.9 Å². The number of rotatable bonds is 6. The minimum atomic E-state index is -0.173. The molecule has 1 aromatic carbocycles. The van der Waals surface area contributed by atoms with Gasteiger partial charge in [0.05, 0.1) is 28.5 Å². The highest BCUT2D eigenvalue weighted by atomic mass is 35.5. The van der Waals surface area contributed by atoms with Crippen LogP contribution in [0.25, 0.3) is 10.8 Å². The highest BCUT2D eigenvalue weighted by Gasteiger charge is 2.22. The van der Waals surface area contributed by atoms with E-state index in [0.29, 0.717) is 49.0 Å². The Bertz CT molecular complexity index is 1080. The van der Waals surface area contributed by atoms with Gasteiger partial charge in [-0.25, -0.2) is 15.1 Å². The van der Waals surface area contributed by atoms with E-state index in [-0.39, 0.29) is 11.5 Å². The van der Waals surface area contributed by atoms with Gasteiger partial charge in [-0.3, -0.25) is 9.59 Å². The molecule has 0 atom stereocenters. The van der Waals surface area contributed by atoms with Crippen LogP contribution in [-0.2, 0) is 11.2 Å². The molecular formula is C21H23ClN6O2. The topological polar surface area (TPSA) is 95.1 Å². The highest BCUT2D eigenvalue weighted by molar-refractivity contribution is 6.30. The summed E-state index contributed by atoms with van der Waals surface area (Å²) in [7, 11) is 0. The van der Waals surface area contributed by atoms with Crippen molar-refractivity contribution in [3.63, 3.8) is 0 Å². The molecule has 0 spiro atoms. The number of fused-ring (bicyclic) bond motifs is 1. The first-order chi connectivity index (χ1) is 14.6. The van der Waals surface area contributed by atoms with Crippen molar-refractivity contribution in [3.8, 4) is 0 Å². The SMILES string of the molecule is O=C(CCCCc1n[nH]c(=O)c2ccccc12)N1CCN(c2ncc(Cl)cn2)CC1. The number of aromatic amines is 1. The number of piperazine rings is 1. The van der Waals surface area contributed by atoms with E-state index in [1.165, 1.54) is 0 Å². The van der Waals surface area contributed by atoms with Crippen LogP contribution < -0.4 is 10.5 Å². The molecule has 1 saturated heterocycles. The van der Waals surface area contributed by atoms with Crippen LogP contribution in [0.5, 0.6) is 0 Å². The third-order valence-electron chi connectivity index (χ3n) is 5.35. The van der Waals surface area contributed by atoms with E-state index in [0.717, 1.165) is 30.3 Å². The third-order valence-corrected chi connectivity index (χ3v) is 5.55. The molecule has 30 heavy (non-hydrogen) atoms. The smallest absolute Gasteiger partial charge is 0.272 e. The Kier molecular flexibility index (Phi) is 6.23. The quantitative estimate of drug-likeness (QED) is 0.608. The van der Waals surface area contributed by atoms with Gasteiger partial charge >= 0.3 is 0 Å². The van der Waals surface area contributed by atoms with E-state index in [2.05, 4.69) is 25.1 Å². The fourth-order valence-corrected chi connectivity index (χ4v) is 3.81. The van der Waals surface area contributed by atoms with Crippen molar-refractivity contribution in [1.82, 2.24) is 25.1 Å². The van der Waals surface area contributed by atoms with Crippen molar-refractivity contribution in [3.05, 3.63) is 57.7 Å². The maximum Gasteiger partial charge on any atom is 0.272 e. The van der Waals surface area contributed by atoms with Gasteiger partial charge in [0, 0.05) is 38.0 Å². The summed E-state index contributed by atoms with van der Waals surface area (Å²) >= 11 is 5.83. The summed E-state index contributed by atoms with van der Waals surface area (Å²) in [6.45, 7) is 2.75. The van der Waals surface area contributed by atoms with Gasteiger partial charge in [-0.05, 0) is 25.3 Å². The van der Waals surface area contributed by atoms with E-state index in [1.54, 1.807) is 18.5 Å². The number of nitrogens with one attached hydrogen (secondary N) is 1. The summed E-state index contributed by atoms with van der Waals surface area (Å²) in [5.74, 6) is 0.818. The second-order valence-electron chi connectivity index (χ2n) is 7.32. The molecule has 1 fully saturated rings. The van der Waals surface area contributed by atoms with Crippen LogP contribution in [0.2, 0.25) is 5.02 Å². The Morgan fingerprint density at radius 3 is 2.47 bits per heavy atom. The summed E-state index contributed by atoms with van der Waals surface area (Å²) in [6, 6.07) is 7.48. The van der Waals surface area contributed by atoms with E-state index in [1.807, 2.05) is 23.1 Å². The summed E-state index contributed by atoms with van der Waals surface area (Å²) in [6.07, 6.45) is 6.04. The lowest BCUT2D eigenvalue weighted by atomic mass is 10.1. The van der Waals surface area contributed by atoms with E-state index >= 15 is 0 Å². The number of carbonyl (C=O) groups is 1. The molecule has 0 aliphatic carbocycles. The van der Waals surface area contributed by atoms with Crippen molar-refractivity contribution >= 4 is 34.2 Å². The molecule has 0 radical (unpaired) electrons. The molecule has 3 aromatic rings. The first kappa shape index (κ1) is 20.3. The molecule has 2 aromatic heterocycles. The zero-order valence-corrected chi connectivity index (χ0v) is 17.3. The molecule has 156 valence electrons. The number of hydrogen-bond donors (Lipinski definition) is 1. The van der Waals surface area contributed by atoms with Crippen molar-refractivity contribution < 1.29 is 4.79 Å². The maximum atomic E-state index is 12.5. The molecule has 8 nitrogen and oxygen atoms in total. The molecule has 0 saturated carbocycles. The minimum absolute atomic E-state index is 0.172. The average molecular weight is 427 g/mol. The van der Waals surface area contributed by atoms with E-state index in [9.17, 15) is 9.59 Å². The number of aromatic nitrogens is 4. The van der Waals surface area contributed by atoms with Crippen LogP contribution in [0.15, 0.2) is 41.5 Å². The normalized spacial score (nSPS) is 14.3. The Morgan fingerprint density at radius 2 is 1.73 bits per heavy atom. The molecule has 3 heterocycles. The predicted octanol–water partition coefficient (Wildman–Crippen LogP) is 2.43. The molecule has 1 amide bonds. The number of benzene rings is 1. The van der Waals surface area contributed by atoms with Gasteiger partial charge in [-0.1, -0.05) is 29.8 Å². The molecule has 1 aliphatic rings. The Labute approximate surface area is 178 Å². The lowest BCUT2D eigenvalue weighted by molar-refractivity contribution is -0.131. The molecule has 0 unspecified atom stereocenters. The third kappa shape index (κ3) is 4.59. The van der Waals surface area contributed by atoms with Gasteiger partial charge in [0.1, 0.15) is 0 Å². The van der Waals surface area contributed by atoms with Gasteiger partial charge in [-0.15, -0.1) is 0 Å². The second-order valence-corrected chi connectivity index (χ2v) is 7.76. The number of anilines is 1. The number of amides is 1. The van der Waals surface area contributed by atoms with Gasteiger partial charge < -0.3 is 9.80 Å². The van der Waals surface area contributed by atoms with Crippen molar-refractivity contribution in [1.29, 1.82) is 0 Å². The first-order valence-electron chi connectivity index (χ1n) is 10.1. The zero-order chi connectivity index (χ0) is 20.9. The van der Waals surface area contributed by atoms with Crippen molar-refractivity contribution in [2.75, 3.05) is 31.1 Å². The van der Waals surface area contributed by atoms with Crippen molar-refractivity contribution in [2.45, 2.75) is 25.7 Å². The number of hydrogen-bond acceptors (Lipinski definition) is 6. The molecular weight excluding hydrogens is 404 g/mol. The van der Waals surface area contributed by atoms with Crippen LogP contribution in [0, 0.1) is 0 Å². The van der Waals surface area contributed by atoms with Gasteiger partial charge in [0.15, 0.2) is 0 Å². The fourth-order valence-electron chi connectivity index (χ4n) is 3.71. The summed E-state index contributed by atoms with van der Waals surface area (Å²) in [5.41, 5.74) is 0.696. The average Bonchev–Trinajstić information content (AvgIpc) is 2.79. The summed E-state index contributed by atoms with van der Waals surface area (Å²) < 4.78 is 0. The van der Waals surface area contributed by atoms with E-state index < -0.39 is 0 Å². The standard InChI is InChI=1S/C21H23ClN6O2/c22-15-13-23-21(24-14-15)28-11-9-27(10-12-28)19(29)8-4-3-7-18-16-5-1-2-6-17(16)20(30)26-25-18/h1-2,5-6,13-14H,3-4,7-12H2,(H,26,30). The Hall–Kier alpha value is -3.00. The fraction of sp³-hybridized carbons (Fsp3) is 0.381. The number of halogens is 1. The largest absolute Gasteiger partial charge is 0.339 e. The van der Waals surface area contributed by atoms with E-state index in [4.69, 9.17) is 11.6 Å². The van der Waals surface area contributed by atoms with Crippen molar-refractivity contribution in [2.24, 2.45) is 0 Å².